The predicted molar refractivity (Wildman–Crippen MR) is 112 cm³/mol. The summed E-state index contributed by atoms with van der Waals surface area (Å²) in [6.07, 6.45) is 2.89. The Hall–Kier alpha value is -3.48. The number of aromatic nitrogens is 2. The zero-order chi connectivity index (χ0) is 21.0. The van der Waals surface area contributed by atoms with E-state index in [0.717, 1.165) is 34.0 Å². The van der Waals surface area contributed by atoms with Crippen molar-refractivity contribution in [2.24, 2.45) is 5.92 Å². The predicted octanol–water partition coefficient (Wildman–Crippen LogP) is 4.03. The maximum atomic E-state index is 11.2. The summed E-state index contributed by atoms with van der Waals surface area (Å²) in [4.78, 5) is 11.2. The van der Waals surface area contributed by atoms with Crippen LogP contribution in [-0.4, -0.2) is 34.6 Å². The molecule has 0 saturated heterocycles. The molecule has 2 atom stereocenters. The Bertz CT molecular complexity index is 1140. The molecule has 1 aromatic heterocycles. The van der Waals surface area contributed by atoms with Gasteiger partial charge >= 0.3 is 5.97 Å². The van der Waals surface area contributed by atoms with Crippen molar-refractivity contribution >= 4 is 11.7 Å². The van der Waals surface area contributed by atoms with E-state index in [4.69, 9.17) is 9.47 Å². The second-order valence-electron chi connectivity index (χ2n) is 8.34. The quantitative estimate of drug-likeness (QED) is 0.684. The van der Waals surface area contributed by atoms with Gasteiger partial charge in [0, 0.05) is 23.2 Å². The molecule has 2 aliphatic heterocycles. The van der Waals surface area contributed by atoms with Crippen molar-refractivity contribution < 1.29 is 19.4 Å². The molecule has 0 fully saturated rings. The number of methoxy groups -OCH3 is 1. The Balaban J connectivity index is 1.59. The third-order valence-electron chi connectivity index (χ3n) is 6.41. The lowest BCUT2D eigenvalue weighted by Crippen LogP contribution is -2.46. The molecular formula is C23H23N3O4. The number of benzene rings is 2. The first-order valence-electron chi connectivity index (χ1n) is 9.89. The average molecular weight is 405 g/mol. The number of hydrogen-bond acceptors (Lipinski definition) is 5. The summed E-state index contributed by atoms with van der Waals surface area (Å²) in [5.74, 6) is 0.882. The van der Waals surface area contributed by atoms with Crippen molar-refractivity contribution in [3.63, 3.8) is 0 Å². The molecule has 0 amide bonds. The molecule has 2 aliphatic rings. The number of aromatic carboxylic acids is 1. The van der Waals surface area contributed by atoms with Gasteiger partial charge in [0.2, 0.25) is 0 Å². The molecule has 3 heterocycles. The summed E-state index contributed by atoms with van der Waals surface area (Å²) in [6.45, 7) is 5.05. The highest BCUT2D eigenvalue weighted by molar-refractivity contribution is 5.87. The Kier molecular flexibility index (Phi) is 4.03. The van der Waals surface area contributed by atoms with E-state index in [-0.39, 0.29) is 22.9 Å². The average Bonchev–Trinajstić information content (AvgIpc) is 3.23. The van der Waals surface area contributed by atoms with Gasteiger partial charge in [-0.05, 0) is 35.9 Å². The Labute approximate surface area is 174 Å². The van der Waals surface area contributed by atoms with Crippen LogP contribution in [0.3, 0.4) is 0 Å². The van der Waals surface area contributed by atoms with E-state index in [0.29, 0.717) is 6.61 Å². The van der Waals surface area contributed by atoms with Gasteiger partial charge in [0.05, 0.1) is 42.8 Å². The standard InChI is InChI=1S/C23H23N3O4/c1-23(2)15-9-14(26-11-13(10-24-26)22(27)28)7-8-17(15)25-21-16(23)12-30-19-6-4-5-18(29-3)20(19)21/h4-11,16,21,25H,12H2,1-3H3,(H,27,28)/t16-,21-/m0/s1. The molecule has 0 spiro atoms. The van der Waals surface area contributed by atoms with Gasteiger partial charge in [-0.15, -0.1) is 0 Å². The van der Waals surface area contributed by atoms with Crippen LogP contribution in [-0.2, 0) is 5.41 Å². The number of nitrogens with zero attached hydrogens (tertiary/aromatic N) is 2. The zero-order valence-electron chi connectivity index (χ0n) is 17.0. The van der Waals surface area contributed by atoms with E-state index in [1.807, 2.05) is 30.3 Å². The Morgan fingerprint density at radius 2 is 2.17 bits per heavy atom. The minimum absolute atomic E-state index is 0.0709. The SMILES string of the molecule is COc1cccc2c1[C@H]1Nc3ccc(-n4cc(C(=O)O)cn4)cc3C(C)(C)[C@H]1CO2. The fourth-order valence-electron chi connectivity index (χ4n) is 4.68. The van der Waals surface area contributed by atoms with Crippen molar-refractivity contribution in [1.29, 1.82) is 0 Å². The number of rotatable bonds is 3. The minimum atomic E-state index is -0.990. The maximum absolute atomic E-state index is 11.2. The molecule has 3 aromatic rings. The highest BCUT2D eigenvalue weighted by Crippen LogP contribution is 2.54. The molecular weight excluding hydrogens is 382 g/mol. The number of carboxylic acids is 1. The van der Waals surface area contributed by atoms with Crippen LogP contribution in [0.2, 0.25) is 0 Å². The van der Waals surface area contributed by atoms with E-state index in [9.17, 15) is 9.90 Å². The van der Waals surface area contributed by atoms with Gasteiger partial charge in [-0.3, -0.25) is 0 Å². The first-order chi connectivity index (χ1) is 14.4. The lowest BCUT2D eigenvalue weighted by Gasteiger charge is -2.48. The second-order valence-corrected chi connectivity index (χ2v) is 8.34. The van der Waals surface area contributed by atoms with Gasteiger partial charge in [-0.1, -0.05) is 19.9 Å². The van der Waals surface area contributed by atoms with Crippen LogP contribution in [0, 0.1) is 5.92 Å². The van der Waals surface area contributed by atoms with Crippen LogP contribution < -0.4 is 14.8 Å². The van der Waals surface area contributed by atoms with Crippen molar-refractivity contribution in [3.8, 4) is 17.2 Å². The van der Waals surface area contributed by atoms with Crippen molar-refractivity contribution in [2.75, 3.05) is 19.0 Å². The van der Waals surface area contributed by atoms with E-state index < -0.39 is 5.97 Å². The Morgan fingerprint density at radius 1 is 1.33 bits per heavy atom. The number of carboxylic acid groups (broad SMARTS) is 1. The molecule has 7 heteroatoms. The minimum Gasteiger partial charge on any atom is -0.496 e. The molecule has 0 radical (unpaired) electrons. The molecule has 0 bridgehead atoms. The summed E-state index contributed by atoms with van der Waals surface area (Å²) < 4.78 is 13.4. The number of ether oxygens (including phenoxy) is 2. The zero-order valence-corrected chi connectivity index (χ0v) is 17.0. The van der Waals surface area contributed by atoms with Crippen LogP contribution in [0.1, 0.15) is 41.4 Å². The number of hydrogen-bond donors (Lipinski definition) is 2. The molecule has 7 nitrogen and oxygen atoms in total. The molecule has 5 rings (SSSR count). The molecule has 2 N–H and O–H groups in total. The smallest absolute Gasteiger partial charge is 0.338 e. The summed E-state index contributed by atoms with van der Waals surface area (Å²) >= 11 is 0. The highest BCUT2D eigenvalue weighted by Gasteiger charge is 2.47. The van der Waals surface area contributed by atoms with Crippen molar-refractivity contribution in [3.05, 3.63) is 65.5 Å². The first-order valence-corrected chi connectivity index (χ1v) is 9.89. The monoisotopic (exact) mass is 405 g/mol. The molecule has 0 aliphatic carbocycles. The van der Waals surface area contributed by atoms with Gasteiger partial charge in [0.15, 0.2) is 0 Å². The number of fused-ring (bicyclic) bond motifs is 4. The number of anilines is 1. The lowest BCUT2D eigenvalue weighted by molar-refractivity contribution is 0.0697. The maximum Gasteiger partial charge on any atom is 0.338 e. The van der Waals surface area contributed by atoms with E-state index >= 15 is 0 Å². The van der Waals surface area contributed by atoms with Crippen LogP contribution in [0.15, 0.2) is 48.8 Å². The lowest BCUT2D eigenvalue weighted by atomic mass is 9.65. The van der Waals surface area contributed by atoms with E-state index in [1.54, 1.807) is 11.8 Å². The Morgan fingerprint density at radius 3 is 2.90 bits per heavy atom. The van der Waals surface area contributed by atoms with Crippen LogP contribution in [0.5, 0.6) is 11.5 Å². The summed E-state index contributed by atoms with van der Waals surface area (Å²) in [5, 5.41) is 17.1. The number of carbonyl (C=O) groups is 1. The van der Waals surface area contributed by atoms with Crippen LogP contribution in [0.25, 0.3) is 5.69 Å². The normalized spacial score (nSPS) is 20.8. The highest BCUT2D eigenvalue weighted by atomic mass is 16.5. The van der Waals surface area contributed by atoms with E-state index in [2.05, 4.69) is 30.3 Å². The fraction of sp³-hybridized carbons (Fsp3) is 0.304. The summed E-state index contributed by atoms with van der Waals surface area (Å²) in [5.41, 5.74) is 4.05. The van der Waals surface area contributed by atoms with Gasteiger partial charge in [-0.2, -0.15) is 5.10 Å². The number of nitrogens with one attached hydrogen (secondary N) is 1. The topological polar surface area (TPSA) is 85.6 Å². The second kappa shape index (κ2) is 6.52. The van der Waals surface area contributed by atoms with Crippen molar-refractivity contribution in [1.82, 2.24) is 9.78 Å². The third-order valence-corrected chi connectivity index (χ3v) is 6.41. The van der Waals surface area contributed by atoms with Gasteiger partial charge in [0.1, 0.15) is 11.5 Å². The third kappa shape index (κ3) is 2.65. The van der Waals surface area contributed by atoms with E-state index in [1.165, 1.54) is 12.4 Å². The first kappa shape index (κ1) is 18.5. The summed E-state index contributed by atoms with van der Waals surface area (Å²) in [6, 6.07) is 12.0. The fourth-order valence-corrected chi connectivity index (χ4v) is 4.68. The van der Waals surface area contributed by atoms with Gasteiger partial charge in [-0.25, -0.2) is 9.48 Å². The molecule has 154 valence electrons. The molecule has 0 saturated carbocycles. The van der Waals surface area contributed by atoms with Crippen LogP contribution >= 0.6 is 0 Å². The van der Waals surface area contributed by atoms with Crippen LogP contribution in [0.4, 0.5) is 5.69 Å². The largest absolute Gasteiger partial charge is 0.496 e. The van der Waals surface area contributed by atoms with Gasteiger partial charge in [0.25, 0.3) is 0 Å². The molecule has 2 aromatic carbocycles. The molecule has 0 unspecified atom stereocenters. The summed E-state index contributed by atoms with van der Waals surface area (Å²) in [7, 11) is 1.68. The van der Waals surface area contributed by atoms with Gasteiger partial charge < -0.3 is 19.9 Å². The van der Waals surface area contributed by atoms with Crippen molar-refractivity contribution in [2.45, 2.75) is 25.3 Å². The molecule has 30 heavy (non-hydrogen) atoms.